The molecule has 1 atom stereocenters. The van der Waals surface area contributed by atoms with Gasteiger partial charge in [0.15, 0.2) is 11.6 Å². The van der Waals surface area contributed by atoms with Crippen LogP contribution in [-0.4, -0.2) is 36.9 Å². The molecule has 0 radical (unpaired) electrons. The van der Waals surface area contributed by atoms with Crippen molar-refractivity contribution >= 4 is 17.4 Å². The van der Waals surface area contributed by atoms with Crippen LogP contribution < -0.4 is 4.90 Å². The Morgan fingerprint density at radius 3 is 2.95 bits per heavy atom. The molecule has 0 aromatic carbocycles. The van der Waals surface area contributed by atoms with E-state index in [9.17, 15) is 4.39 Å². The van der Waals surface area contributed by atoms with Crippen LogP contribution in [-0.2, 0) is 0 Å². The Hall–Kier alpha value is -1.76. The second kappa shape index (κ2) is 4.62. The first kappa shape index (κ1) is 12.9. The van der Waals surface area contributed by atoms with Crippen molar-refractivity contribution in [2.75, 3.05) is 4.90 Å². The molecular weight excluding hydrogens is 295 g/mol. The first-order chi connectivity index (χ1) is 10.2. The van der Waals surface area contributed by atoms with E-state index < -0.39 is 6.17 Å². The monoisotopic (exact) mass is 308 g/mol. The predicted molar refractivity (Wildman–Crippen MR) is 75.4 cm³/mol. The molecule has 1 aliphatic heterocycles. The molecule has 2 aromatic rings. The third-order valence-corrected chi connectivity index (χ3v) is 4.45. The minimum absolute atomic E-state index is 0.0310. The summed E-state index contributed by atoms with van der Waals surface area (Å²) in [5, 5.41) is 8.42. The van der Waals surface area contributed by atoms with E-state index in [1.54, 1.807) is 12.5 Å². The summed E-state index contributed by atoms with van der Waals surface area (Å²) in [7, 11) is 0. The average molecular weight is 309 g/mol. The minimum Gasteiger partial charge on any atom is -0.341 e. The lowest BCUT2D eigenvalue weighted by atomic mass is 9.87. The molecule has 0 bridgehead atoms. The van der Waals surface area contributed by atoms with Crippen molar-refractivity contribution in [3.63, 3.8) is 0 Å². The van der Waals surface area contributed by atoms with Gasteiger partial charge in [-0.15, -0.1) is 10.2 Å². The van der Waals surface area contributed by atoms with Crippen LogP contribution in [0, 0.1) is 0 Å². The van der Waals surface area contributed by atoms with Gasteiger partial charge in [-0.25, -0.2) is 9.37 Å². The number of alkyl halides is 1. The van der Waals surface area contributed by atoms with Gasteiger partial charge >= 0.3 is 0 Å². The number of hydrogen-bond donors (Lipinski definition) is 0. The lowest BCUT2D eigenvalue weighted by Crippen LogP contribution is -2.50. The molecule has 110 valence electrons. The zero-order chi connectivity index (χ0) is 14.6. The van der Waals surface area contributed by atoms with Crippen LogP contribution in [0.4, 0.5) is 10.2 Å². The zero-order valence-corrected chi connectivity index (χ0v) is 12.2. The first-order valence-electron chi connectivity index (χ1n) is 7.04. The Kier molecular flexibility index (Phi) is 2.85. The molecule has 1 aliphatic carbocycles. The summed E-state index contributed by atoms with van der Waals surface area (Å²) in [6.45, 7) is 2.08. The highest BCUT2D eigenvalue weighted by molar-refractivity contribution is 6.28. The van der Waals surface area contributed by atoms with E-state index in [4.69, 9.17) is 11.6 Å². The SMILES string of the molecule is CC[C@@H]1c2nncn2-c2cnc(Cl)nc2N1C1CC(F)C1. The van der Waals surface area contributed by atoms with E-state index in [1.807, 2.05) is 4.57 Å². The van der Waals surface area contributed by atoms with Gasteiger partial charge in [0.25, 0.3) is 0 Å². The lowest BCUT2D eigenvalue weighted by molar-refractivity contribution is 0.164. The van der Waals surface area contributed by atoms with Crippen LogP contribution in [0.2, 0.25) is 5.28 Å². The maximum Gasteiger partial charge on any atom is 0.224 e. The molecule has 4 rings (SSSR count). The molecule has 2 aromatic heterocycles. The largest absolute Gasteiger partial charge is 0.341 e. The Morgan fingerprint density at radius 1 is 1.43 bits per heavy atom. The zero-order valence-electron chi connectivity index (χ0n) is 11.4. The molecule has 0 N–H and O–H groups in total. The molecule has 2 aliphatic rings. The van der Waals surface area contributed by atoms with E-state index in [1.165, 1.54) is 0 Å². The lowest BCUT2D eigenvalue weighted by Gasteiger charge is -2.46. The Morgan fingerprint density at radius 2 is 2.24 bits per heavy atom. The Bertz CT molecular complexity index is 683. The maximum absolute atomic E-state index is 13.3. The normalized spacial score (nSPS) is 27.0. The topological polar surface area (TPSA) is 59.7 Å². The second-order valence-electron chi connectivity index (χ2n) is 5.46. The number of aromatic nitrogens is 5. The fraction of sp³-hybridized carbons (Fsp3) is 0.538. The highest BCUT2D eigenvalue weighted by Crippen LogP contribution is 2.43. The Labute approximate surface area is 126 Å². The van der Waals surface area contributed by atoms with Crippen LogP contribution in [0.5, 0.6) is 0 Å². The van der Waals surface area contributed by atoms with Gasteiger partial charge in [0, 0.05) is 6.04 Å². The van der Waals surface area contributed by atoms with Gasteiger partial charge < -0.3 is 4.90 Å². The van der Waals surface area contributed by atoms with Crippen LogP contribution in [0.15, 0.2) is 12.5 Å². The molecule has 3 heterocycles. The molecule has 1 saturated carbocycles. The van der Waals surface area contributed by atoms with Crippen molar-refractivity contribution in [2.24, 2.45) is 0 Å². The highest BCUT2D eigenvalue weighted by Gasteiger charge is 2.42. The van der Waals surface area contributed by atoms with Gasteiger partial charge in [0.2, 0.25) is 5.28 Å². The summed E-state index contributed by atoms with van der Waals surface area (Å²) in [4.78, 5) is 10.6. The summed E-state index contributed by atoms with van der Waals surface area (Å²) in [5.74, 6) is 1.59. The van der Waals surface area contributed by atoms with Gasteiger partial charge in [-0.1, -0.05) is 6.92 Å². The third-order valence-electron chi connectivity index (χ3n) is 4.27. The van der Waals surface area contributed by atoms with E-state index in [-0.39, 0.29) is 17.4 Å². The molecule has 21 heavy (non-hydrogen) atoms. The summed E-state index contributed by atoms with van der Waals surface area (Å²) in [6, 6.07) is 0.156. The minimum atomic E-state index is -0.729. The van der Waals surface area contributed by atoms with Gasteiger partial charge in [-0.2, -0.15) is 4.98 Å². The van der Waals surface area contributed by atoms with Crippen LogP contribution in [0.3, 0.4) is 0 Å². The fourth-order valence-electron chi connectivity index (χ4n) is 3.19. The summed E-state index contributed by atoms with van der Waals surface area (Å²) in [6.07, 6.45) is 4.48. The van der Waals surface area contributed by atoms with Gasteiger partial charge in [-0.3, -0.25) is 4.57 Å². The number of rotatable bonds is 2. The number of nitrogens with zero attached hydrogens (tertiary/aromatic N) is 6. The first-order valence-corrected chi connectivity index (χ1v) is 7.42. The quantitative estimate of drug-likeness (QED) is 0.798. The number of anilines is 1. The molecule has 0 saturated heterocycles. The van der Waals surface area contributed by atoms with Crippen molar-refractivity contribution in [1.82, 2.24) is 24.7 Å². The van der Waals surface area contributed by atoms with E-state index >= 15 is 0 Å². The van der Waals surface area contributed by atoms with Gasteiger partial charge in [0.1, 0.15) is 18.2 Å². The van der Waals surface area contributed by atoms with Crippen molar-refractivity contribution in [1.29, 1.82) is 0 Å². The van der Waals surface area contributed by atoms with Crippen molar-refractivity contribution < 1.29 is 4.39 Å². The van der Waals surface area contributed by atoms with Crippen molar-refractivity contribution in [3.8, 4) is 5.69 Å². The average Bonchev–Trinajstić information content (AvgIpc) is 2.91. The van der Waals surface area contributed by atoms with Crippen LogP contribution >= 0.6 is 11.6 Å². The smallest absolute Gasteiger partial charge is 0.224 e. The molecule has 0 unspecified atom stereocenters. The number of hydrogen-bond acceptors (Lipinski definition) is 5. The third kappa shape index (κ3) is 1.83. The molecule has 0 amide bonds. The van der Waals surface area contributed by atoms with Gasteiger partial charge in [-0.05, 0) is 30.9 Å². The predicted octanol–water partition coefficient (Wildman–Crippen LogP) is 2.48. The maximum atomic E-state index is 13.3. The molecule has 1 fully saturated rings. The number of halogens is 2. The van der Waals surface area contributed by atoms with Crippen LogP contribution in [0.1, 0.15) is 38.1 Å². The fourth-order valence-corrected chi connectivity index (χ4v) is 3.32. The van der Waals surface area contributed by atoms with Crippen molar-refractivity contribution in [2.45, 2.75) is 44.4 Å². The summed E-state index contributed by atoms with van der Waals surface area (Å²) < 4.78 is 15.2. The Balaban J connectivity index is 1.88. The van der Waals surface area contributed by atoms with E-state index in [2.05, 4.69) is 32.0 Å². The standard InChI is InChI=1S/C13H14ClFN6/c1-2-9-12-19-17-6-20(12)10-5-16-13(14)18-11(10)21(9)8-3-7(15)4-8/h5-9H,2-4H2,1H3/t7?,8?,9-/m1/s1. The molecule has 6 nitrogen and oxygen atoms in total. The highest BCUT2D eigenvalue weighted by atomic mass is 35.5. The summed E-state index contributed by atoms with van der Waals surface area (Å²) >= 11 is 5.96. The number of fused-ring (bicyclic) bond motifs is 3. The van der Waals surface area contributed by atoms with E-state index in [0.717, 1.165) is 23.8 Å². The van der Waals surface area contributed by atoms with E-state index in [0.29, 0.717) is 12.8 Å². The molecule has 0 spiro atoms. The van der Waals surface area contributed by atoms with Crippen LogP contribution in [0.25, 0.3) is 5.69 Å². The molecule has 8 heteroatoms. The second-order valence-corrected chi connectivity index (χ2v) is 5.80. The van der Waals surface area contributed by atoms with Crippen molar-refractivity contribution in [3.05, 3.63) is 23.6 Å². The summed E-state index contributed by atoms with van der Waals surface area (Å²) in [5.41, 5.74) is 0.798. The molecular formula is C13H14ClFN6. The van der Waals surface area contributed by atoms with Gasteiger partial charge in [0.05, 0.1) is 12.2 Å².